The maximum absolute atomic E-state index is 12.2. The summed E-state index contributed by atoms with van der Waals surface area (Å²) in [5.41, 5.74) is 0.256. The third-order valence-electron chi connectivity index (χ3n) is 2.69. The largest absolute Gasteiger partial charge is 0.279 e. The highest BCUT2D eigenvalue weighted by Crippen LogP contribution is 2.17. The number of carbonyl (C=O) groups is 1. The van der Waals surface area contributed by atoms with E-state index in [4.69, 9.17) is 0 Å². The molecule has 9 heteroatoms. The average Bonchev–Trinajstić information content (AvgIpc) is 2.89. The molecule has 1 amide bonds. The Kier molecular flexibility index (Phi) is 5.45. The molecule has 2 rings (SSSR count). The fraction of sp³-hybridized carbons (Fsp3) is 0.308. The Bertz CT molecular complexity index is 749. The lowest BCUT2D eigenvalue weighted by atomic mass is 10.2. The van der Waals surface area contributed by atoms with Crippen LogP contribution in [0.5, 0.6) is 0 Å². The van der Waals surface area contributed by atoms with Crippen molar-refractivity contribution in [2.24, 2.45) is 4.99 Å². The second-order valence-corrected chi connectivity index (χ2v) is 6.59. The van der Waals surface area contributed by atoms with Crippen molar-refractivity contribution in [3.8, 4) is 0 Å². The van der Waals surface area contributed by atoms with E-state index in [-0.39, 0.29) is 5.69 Å². The smallest absolute Gasteiger partial charge is 0.267 e. The van der Waals surface area contributed by atoms with Crippen LogP contribution in [-0.2, 0) is 6.54 Å². The fourth-order valence-electron chi connectivity index (χ4n) is 1.64. The molecule has 0 saturated heterocycles. The topological polar surface area (TPSA) is 90.4 Å². The molecule has 0 N–H and O–H groups in total. The van der Waals surface area contributed by atoms with Gasteiger partial charge in [0, 0.05) is 24.2 Å². The zero-order valence-electron chi connectivity index (χ0n) is 12.1. The summed E-state index contributed by atoms with van der Waals surface area (Å²) in [7, 11) is 0. The number of amides is 1. The molecule has 1 aromatic carbocycles. The predicted molar refractivity (Wildman–Crippen MR) is 85.2 cm³/mol. The second-order valence-electron chi connectivity index (χ2n) is 4.12. The van der Waals surface area contributed by atoms with Crippen LogP contribution in [-0.4, -0.2) is 26.4 Å². The van der Waals surface area contributed by atoms with Crippen molar-refractivity contribution in [3.63, 3.8) is 0 Å². The van der Waals surface area contributed by atoms with Gasteiger partial charge in [0.2, 0.25) is 4.80 Å². The Morgan fingerprint density at radius 2 is 2.09 bits per heavy atom. The number of nitro benzene ring substituents is 1. The first-order chi connectivity index (χ1) is 10.5. The highest BCUT2D eigenvalue weighted by molar-refractivity contribution is 8.00. The van der Waals surface area contributed by atoms with E-state index in [2.05, 4.69) is 10.1 Å². The first kappa shape index (κ1) is 16.4. The summed E-state index contributed by atoms with van der Waals surface area (Å²) in [6.45, 7) is 4.57. The molecule has 0 aliphatic carbocycles. The molecule has 0 aliphatic rings. The molecule has 0 unspecified atom stereocenters. The molecule has 2 aromatic rings. The number of hydrogen-bond acceptors (Lipinski definition) is 6. The van der Waals surface area contributed by atoms with Gasteiger partial charge in [-0.05, 0) is 24.8 Å². The number of aryl methyl sites for hydroxylation is 1. The minimum atomic E-state index is -0.506. The first-order valence-corrected chi connectivity index (χ1v) is 8.39. The van der Waals surface area contributed by atoms with Gasteiger partial charge in [0.05, 0.1) is 4.92 Å². The van der Waals surface area contributed by atoms with Crippen LogP contribution in [0.15, 0.2) is 33.6 Å². The zero-order chi connectivity index (χ0) is 16.1. The number of nitro groups is 1. The summed E-state index contributed by atoms with van der Waals surface area (Å²) in [6.07, 6.45) is 0. The Hall–Kier alpha value is -2.00. The molecule has 116 valence electrons. The summed E-state index contributed by atoms with van der Waals surface area (Å²) in [5, 5.41) is 15.0. The lowest BCUT2D eigenvalue weighted by molar-refractivity contribution is -0.384. The van der Waals surface area contributed by atoms with Gasteiger partial charge in [-0.25, -0.2) is 4.68 Å². The van der Waals surface area contributed by atoms with E-state index in [0.717, 1.165) is 10.1 Å². The van der Waals surface area contributed by atoms with Crippen molar-refractivity contribution in [2.45, 2.75) is 24.7 Å². The first-order valence-electron chi connectivity index (χ1n) is 6.59. The minimum Gasteiger partial charge on any atom is -0.267 e. The van der Waals surface area contributed by atoms with Crippen LogP contribution < -0.4 is 4.80 Å². The van der Waals surface area contributed by atoms with Crippen molar-refractivity contribution in [1.82, 2.24) is 9.78 Å². The van der Waals surface area contributed by atoms with Crippen molar-refractivity contribution in [3.05, 3.63) is 44.7 Å². The molecule has 0 saturated carbocycles. The molecule has 0 fully saturated rings. The van der Waals surface area contributed by atoms with Crippen LogP contribution in [0.25, 0.3) is 0 Å². The van der Waals surface area contributed by atoms with E-state index in [1.54, 1.807) is 16.4 Å². The maximum atomic E-state index is 12.2. The highest BCUT2D eigenvalue weighted by atomic mass is 32.2. The number of nitrogens with zero attached hydrogens (tertiary/aromatic N) is 4. The average molecular weight is 338 g/mol. The highest BCUT2D eigenvalue weighted by Gasteiger charge is 2.10. The normalized spacial score (nSPS) is 11.6. The zero-order valence-corrected chi connectivity index (χ0v) is 13.7. The monoisotopic (exact) mass is 338 g/mol. The molecule has 0 spiro atoms. The summed E-state index contributed by atoms with van der Waals surface area (Å²) >= 11 is 2.95. The standard InChI is InChI=1S/C13H14N4O3S2/c1-3-16-12(22-13(15-16)21-4-2)14-11(18)9-5-7-10(8-6-9)17(19)20/h5-8H,3-4H2,1-2H3. The second kappa shape index (κ2) is 7.32. The van der Waals surface area contributed by atoms with Crippen LogP contribution >= 0.6 is 23.1 Å². The van der Waals surface area contributed by atoms with Crippen LogP contribution in [0.4, 0.5) is 5.69 Å². The molecular formula is C13H14N4O3S2. The number of non-ortho nitro benzene ring substituents is 1. The van der Waals surface area contributed by atoms with Crippen molar-refractivity contribution in [2.75, 3.05) is 5.75 Å². The van der Waals surface area contributed by atoms with E-state index < -0.39 is 10.8 Å². The summed E-state index contributed by atoms with van der Waals surface area (Å²) < 4.78 is 2.53. The minimum absolute atomic E-state index is 0.0559. The molecule has 1 aromatic heterocycles. The van der Waals surface area contributed by atoms with Crippen molar-refractivity contribution < 1.29 is 9.72 Å². The number of benzene rings is 1. The Morgan fingerprint density at radius 3 is 2.64 bits per heavy atom. The van der Waals surface area contributed by atoms with Crippen LogP contribution in [0.3, 0.4) is 0 Å². The van der Waals surface area contributed by atoms with Gasteiger partial charge in [0.15, 0.2) is 4.34 Å². The summed E-state index contributed by atoms with van der Waals surface area (Å²) in [4.78, 5) is 26.9. The van der Waals surface area contributed by atoms with Crippen LogP contribution in [0, 0.1) is 10.1 Å². The van der Waals surface area contributed by atoms with Crippen molar-refractivity contribution >= 4 is 34.7 Å². The quantitative estimate of drug-likeness (QED) is 0.475. The molecule has 22 heavy (non-hydrogen) atoms. The number of aromatic nitrogens is 2. The third-order valence-corrected chi connectivity index (χ3v) is 4.65. The summed E-state index contributed by atoms with van der Waals surface area (Å²) in [6, 6.07) is 5.40. The summed E-state index contributed by atoms with van der Waals surface area (Å²) in [5.74, 6) is 0.460. The van der Waals surface area contributed by atoms with E-state index >= 15 is 0 Å². The van der Waals surface area contributed by atoms with Gasteiger partial charge >= 0.3 is 0 Å². The number of carbonyl (C=O) groups excluding carboxylic acids is 1. The van der Waals surface area contributed by atoms with Crippen molar-refractivity contribution in [1.29, 1.82) is 0 Å². The van der Waals surface area contributed by atoms with E-state index in [1.165, 1.54) is 35.6 Å². The third kappa shape index (κ3) is 3.80. The molecule has 0 aliphatic heterocycles. The van der Waals surface area contributed by atoms with E-state index in [9.17, 15) is 14.9 Å². The SMILES string of the molecule is CCSc1nn(CC)c(=NC(=O)c2ccc([N+](=O)[O-])cc2)s1. The Labute approximate surface area is 134 Å². The Balaban J connectivity index is 2.31. The van der Waals surface area contributed by atoms with E-state index in [0.29, 0.717) is 16.9 Å². The lowest BCUT2D eigenvalue weighted by Gasteiger charge is -1.96. The van der Waals surface area contributed by atoms with Gasteiger partial charge < -0.3 is 0 Å². The number of rotatable bonds is 5. The van der Waals surface area contributed by atoms with Gasteiger partial charge in [-0.2, -0.15) is 10.1 Å². The molecule has 0 radical (unpaired) electrons. The van der Waals surface area contributed by atoms with Gasteiger partial charge in [0.1, 0.15) is 0 Å². The molecule has 0 atom stereocenters. The predicted octanol–water partition coefficient (Wildman–Crippen LogP) is 2.73. The molecule has 7 nitrogen and oxygen atoms in total. The van der Waals surface area contributed by atoms with Gasteiger partial charge in [0.25, 0.3) is 11.6 Å². The molecular weight excluding hydrogens is 324 g/mol. The van der Waals surface area contributed by atoms with E-state index in [1.807, 2.05) is 13.8 Å². The van der Waals surface area contributed by atoms with Gasteiger partial charge in [-0.1, -0.05) is 30.0 Å². The lowest BCUT2D eigenvalue weighted by Crippen LogP contribution is -2.17. The van der Waals surface area contributed by atoms with Crippen LogP contribution in [0.1, 0.15) is 24.2 Å². The fourth-order valence-corrected chi connectivity index (χ4v) is 3.55. The van der Waals surface area contributed by atoms with Gasteiger partial charge in [-0.3, -0.25) is 14.9 Å². The molecule has 0 bridgehead atoms. The Morgan fingerprint density at radius 1 is 1.41 bits per heavy atom. The number of thioether (sulfide) groups is 1. The maximum Gasteiger partial charge on any atom is 0.279 e. The van der Waals surface area contributed by atoms with Crippen LogP contribution in [0.2, 0.25) is 0 Å². The van der Waals surface area contributed by atoms with Gasteiger partial charge in [-0.15, -0.1) is 0 Å². The number of hydrogen-bond donors (Lipinski definition) is 0. The molecule has 1 heterocycles.